The van der Waals surface area contributed by atoms with Crippen molar-refractivity contribution in [3.8, 4) is 0 Å². The lowest BCUT2D eigenvalue weighted by molar-refractivity contribution is -0.116. The first-order valence-electron chi connectivity index (χ1n) is 4.46. The molecule has 0 unspecified atom stereocenters. The molecular formula is C10H14N2O. The molecule has 1 N–H and O–H groups in total. The molecule has 0 radical (unpaired) electrons. The predicted molar refractivity (Wildman–Crippen MR) is 52.5 cm³/mol. The van der Waals surface area contributed by atoms with E-state index in [1.807, 2.05) is 26.0 Å². The highest BCUT2D eigenvalue weighted by Crippen LogP contribution is 2.04. The van der Waals surface area contributed by atoms with E-state index in [1.165, 1.54) is 0 Å². The van der Waals surface area contributed by atoms with Gasteiger partial charge in [0.05, 0.1) is 0 Å². The number of anilines is 1. The zero-order valence-electron chi connectivity index (χ0n) is 8.00. The highest BCUT2D eigenvalue weighted by molar-refractivity contribution is 5.89. The van der Waals surface area contributed by atoms with Crippen LogP contribution >= 0.6 is 0 Å². The van der Waals surface area contributed by atoms with Crippen LogP contribution in [0, 0.1) is 6.92 Å². The van der Waals surface area contributed by atoms with E-state index in [0.717, 1.165) is 12.1 Å². The van der Waals surface area contributed by atoms with Gasteiger partial charge in [0, 0.05) is 12.1 Å². The van der Waals surface area contributed by atoms with Crippen molar-refractivity contribution in [1.82, 2.24) is 4.98 Å². The predicted octanol–water partition coefficient (Wildman–Crippen LogP) is 2.13. The van der Waals surface area contributed by atoms with E-state index in [2.05, 4.69) is 10.3 Å². The number of nitrogens with one attached hydrogen (secondary N) is 1. The van der Waals surface area contributed by atoms with E-state index < -0.39 is 0 Å². The Hall–Kier alpha value is -1.38. The maximum atomic E-state index is 11.2. The number of aromatic nitrogens is 1. The van der Waals surface area contributed by atoms with Crippen molar-refractivity contribution in [2.45, 2.75) is 26.7 Å². The Kier molecular flexibility index (Phi) is 3.43. The highest BCUT2D eigenvalue weighted by Gasteiger charge is 2.00. The standard InChI is InChI=1S/C10H14N2O/c1-3-5-10(13)12-9-7-4-6-8(2)11-9/h4,6-7H,3,5H2,1-2H3,(H,11,12,13). The van der Waals surface area contributed by atoms with E-state index >= 15 is 0 Å². The van der Waals surface area contributed by atoms with Gasteiger partial charge in [-0.05, 0) is 25.5 Å². The van der Waals surface area contributed by atoms with E-state index in [4.69, 9.17) is 0 Å². The summed E-state index contributed by atoms with van der Waals surface area (Å²) in [6.45, 7) is 3.87. The van der Waals surface area contributed by atoms with Gasteiger partial charge in [0.2, 0.25) is 5.91 Å². The van der Waals surface area contributed by atoms with Crippen LogP contribution in [0.3, 0.4) is 0 Å². The van der Waals surface area contributed by atoms with Gasteiger partial charge in [-0.25, -0.2) is 4.98 Å². The minimum atomic E-state index is 0.0283. The minimum Gasteiger partial charge on any atom is -0.311 e. The zero-order chi connectivity index (χ0) is 9.68. The fourth-order valence-electron chi connectivity index (χ4n) is 1.05. The van der Waals surface area contributed by atoms with Crippen molar-refractivity contribution in [3.05, 3.63) is 23.9 Å². The molecule has 70 valence electrons. The molecule has 1 heterocycles. The van der Waals surface area contributed by atoms with Crippen LogP contribution in [0.2, 0.25) is 0 Å². The second kappa shape index (κ2) is 4.60. The summed E-state index contributed by atoms with van der Waals surface area (Å²) in [6.07, 6.45) is 1.41. The Morgan fingerprint density at radius 1 is 1.54 bits per heavy atom. The van der Waals surface area contributed by atoms with Gasteiger partial charge in [-0.3, -0.25) is 4.79 Å². The van der Waals surface area contributed by atoms with Gasteiger partial charge in [-0.2, -0.15) is 0 Å². The molecule has 0 aliphatic heterocycles. The van der Waals surface area contributed by atoms with Crippen molar-refractivity contribution < 1.29 is 4.79 Å². The number of pyridine rings is 1. The summed E-state index contributed by atoms with van der Waals surface area (Å²) in [5, 5.41) is 2.73. The average Bonchev–Trinajstić information content (AvgIpc) is 2.04. The molecule has 0 saturated carbocycles. The number of carbonyl (C=O) groups excluding carboxylic acids is 1. The first-order valence-corrected chi connectivity index (χ1v) is 4.46. The van der Waals surface area contributed by atoms with Gasteiger partial charge in [0.15, 0.2) is 0 Å². The van der Waals surface area contributed by atoms with Crippen molar-refractivity contribution in [2.75, 3.05) is 5.32 Å². The van der Waals surface area contributed by atoms with Crippen molar-refractivity contribution >= 4 is 11.7 Å². The molecule has 0 fully saturated rings. The SMILES string of the molecule is CCCC(=O)Nc1cccc(C)n1. The van der Waals surface area contributed by atoms with Crippen molar-refractivity contribution in [3.63, 3.8) is 0 Å². The molecule has 1 aromatic rings. The summed E-state index contributed by atoms with van der Waals surface area (Å²) in [7, 11) is 0. The molecule has 0 bridgehead atoms. The second-order valence-electron chi connectivity index (χ2n) is 2.96. The fraction of sp³-hybridized carbons (Fsp3) is 0.400. The number of hydrogen-bond donors (Lipinski definition) is 1. The Morgan fingerprint density at radius 3 is 2.92 bits per heavy atom. The third kappa shape index (κ3) is 3.23. The molecule has 0 atom stereocenters. The Morgan fingerprint density at radius 2 is 2.31 bits per heavy atom. The highest BCUT2D eigenvalue weighted by atomic mass is 16.1. The largest absolute Gasteiger partial charge is 0.311 e. The molecular weight excluding hydrogens is 164 g/mol. The fourth-order valence-corrected chi connectivity index (χ4v) is 1.05. The van der Waals surface area contributed by atoms with Crippen molar-refractivity contribution in [1.29, 1.82) is 0 Å². The summed E-state index contributed by atoms with van der Waals surface area (Å²) < 4.78 is 0. The topological polar surface area (TPSA) is 42.0 Å². The first kappa shape index (κ1) is 9.71. The first-order chi connectivity index (χ1) is 6.22. The molecule has 1 amide bonds. The smallest absolute Gasteiger partial charge is 0.225 e. The van der Waals surface area contributed by atoms with Crippen LogP contribution in [-0.2, 0) is 4.79 Å². The zero-order valence-corrected chi connectivity index (χ0v) is 8.00. The lowest BCUT2D eigenvalue weighted by Gasteiger charge is -2.03. The van der Waals surface area contributed by atoms with Gasteiger partial charge in [0.1, 0.15) is 5.82 Å². The van der Waals surface area contributed by atoms with Crippen LogP contribution in [0.4, 0.5) is 5.82 Å². The van der Waals surface area contributed by atoms with Crippen LogP contribution < -0.4 is 5.32 Å². The van der Waals surface area contributed by atoms with E-state index in [-0.39, 0.29) is 5.91 Å². The third-order valence-electron chi connectivity index (χ3n) is 1.63. The molecule has 0 spiro atoms. The maximum Gasteiger partial charge on any atom is 0.225 e. The average molecular weight is 178 g/mol. The Balaban J connectivity index is 2.58. The molecule has 13 heavy (non-hydrogen) atoms. The molecule has 1 rings (SSSR count). The Labute approximate surface area is 78.2 Å². The van der Waals surface area contributed by atoms with Crippen LogP contribution in [-0.4, -0.2) is 10.9 Å². The van der Waals surface area contributed by atoms with Crippen molar-refractivity contribution in [2.24, 2.45) is 0 Å². The summed E-state index contributed by atoms with van der Waals surface area (Å²) in [6, 6.07) is 5.57. The third-order valence-corrected chi connectivity index (χ3v) is 1.63. The quantitative estimate of drug-likeness (QED) is 0.770. The maximum absolute atomic E-state index is 11.2. The Bertz CT molecular complexity index is 297. The van der Waals surface area contributed by atoms with Gasteiger partial charge in [-0.1, -0.05) is 13.0 Å². The summed E-state index contributed by atoms with van der Waals surface area (Å²) in [5.74, 6) is 0.666. The summed E-state index contributed by atoms with van der Waals surface area (Å²) >= 11 is 0. The van der Waals surface area contributed by atoms with Gasteiger partial charge in [-0.15, -0.1) is 0 Å². The number of carbonyl (C=O) groups is 1. The molecule has 3 heteroatoms. The summed E-state index contributed by atoms with van der Waals surface area (Å²) in [5.41, 5.74) is 0.911. The molecule has 0 saturated heterocycles. The number of amides is 1. The number of aryl methyl sites for hydroxylation is 1. The van der Waals surface area contributed by atoms with Gasteiger partial charge < -0.3 is 5.32 Å². The monoisotopic (exact) mass is 178 g/mol. The molecule has 3 nitrogen and oxygen atoms in total. The lowest BCUT2D eigenvalue weighted by atomic mass is 10.3. The summed E-state index contributed by atoms with van der Waals surface area (Å²) in [4.78, 5) is 15.3. The van der Waals surface area contributed by atoms with Crippen LogP contribution in [0.25, 0.3) is 0 Å². The second-order valence-corrected chi connectivity index (χ2v) is 2.96. The molecule has 0 aromatic carbocycles. The van der Waals surface area contributed by atoms with E-state index in [9.17, 15) is 4.79 Å². The van der Waals surface area contributed by atoms with E-state index in [0.29, 0.717) is 12.2 Å². The van der Waals surface area contributed by atoms with Crippen LogP contribution in [0.15, 0.2) is 18.2 Å². The molecule has 0 aliphatic rings. The van der Waals surface area contributed by atoms with Gasteiger partial charge in [0.25, 0.3) is 0 Å². The van der Waals surface area contributed by atoms with Crippen LogP contribution in [0.1, 0.15) is 25.5 Å². The van der Waals surface area contributed by atoms with Crippen LogP contribution in [0.5, 0.6) is 0 Å². The number of nitrogens with zero attached hydrogens (tertiary/aromatic N) is 1. The van der Waals surface area contributed by atoms with E-state index in [1.54, 1.807) is 6.07 Å². The normalized spacial score (nSPS) is 9.69. The minimum absolute atomic E-state index is 0.0283. The molecule has 1 aromatic heterocycles. The lowest BCUT2D eigenvalue weighted by Crippen LogP contribution is -2.11. The number of rotatable bonds is 3. The number of hydrogen-bond acceptors (Lipinski definition) is 2. The molecule has 0 aliphatic carbocycles. The van der Waals surface area contributed by atoms with Gasteiger partial charge >= 0.3 is 0 Å².